The first kappa shape index (κ1) is 44.5. The van der Waals surface area contributed by atoms with Gasteiger partial charge in [-0.2, -0.15) is 26.3 Å². The summed E-state index contributed by atoms with van der Waals surface area (Å²) in [5.41, 5.74) is 4.43. The van der Waals surface area contributed by atoms with Crippen molar-refractivity contribution in [2.75, 3.05) is 24.7 Å². The Hall–Kier alpha value is -1.98. The first-order chi connectivity index (χ1) is 18.4. The van der Waals surface area contributed by atoms with Gasteiger partial charge < -0.3 is 25.3 Å². The minimum Gasteiger partial charge on any atom is -0.741 e. The molecule has 4 N–H and O–H groups in total. The molecule has 0 aromatic heterocycles. The van der Waals surface area contributed by atoms with Gasteiger partial charge >= 0.3 is 30.5 Å². The molecule has 0 unspecified atom stereocenters. The topological polar surface area (TPSA) is 176 Å². The second-order valence-electron chi connectivity index (χ2n) is 8.69. The smallest absolute Gasteiger partial charge is 0.741 e. The number of para-hydroxylation sites is 2. The fourth-order valence-electron chi connectivity index (χ4n) is 2.58. The van der Waals surface area contributed by atoms with E-state index in [4.69, 9.17) is 42.1 Å². The van der Waals surface area contributed by atoms with Gasteiger partial charge in [0.05, 0.1) is 0 Å². The maximum absolute atomic E-state index is 10.7. The van der Waals surface area contributed by atoms with E-state index in [9.17, 15) is 26.3 Å². The third kappa shape index (κ3) is 20.0. The number of hydrogen-bond acceptors (Lipinski definition) is 9. The number of ether oxygens (including phenoxy) is 1. The van der Waals surface area contributed by atoms with Gasteiger partial charge in [0.15, 0.2) is 20.2 Å². The molecular weight excluding hydrogens is 672 g/mol. The van der Waals surface area contributed by atoms with Crippen LogP contribution >= 0.6 is 0 Å². The maximum Gasteiger partial charge on any atom is 2.00 e. The molecule has 238 valence electrons. The molecule has 0 saturated carbocycles. The molecule has 1 aliphatic rings. The largest absolute Gasteiger partial charge is 2.00 e. The van der Waals surface area contributed by atoms with E-state index in [-0.39, 0.29) is 19.5 Å². The number of alkyl halides is 6. The molecule has 0 radical (unpaired) electrons. The summed E-state index contributed by atoms with van der Waals surface area (Å²) in [6, 6.07) is 16.0. The van der Waals surface area contributed by atoms with Crippen molar-refractivity contribution < 1.29 is 76.5 Å². The summed E-state index contributed by atoms with van der Waals surface area (Å²) in [6.45, 7) is 10.6. The van der Waals surface area contributed by atoms with E-state index < -0.39 is 31.3 Å². The number of rotatable bonds is 2. The van der Waals surface area contributed by atoms with Crippen LogP contribution < -0.4 is 11.5 Å². The van der Waals surface area contributed by atoms with Gasteiger partial charge in [-0.25, -0.2) is 16.8 Å². The number of benzene rings is 2. The Kier molecular flexibility index (Phi) is 21.2. The van der Waals surface area contributed by atoms with E-state index >= 15 is 0 Å². The van der Waals surface area contributed by atoms with Crippen LogP contribution in [0.3, 0.4) is 0 Å². The average molecular weight is 706 g/mol. The monoisotopic (exact) mass is 704 g/mol. The first-order valence-electron chi connectivity index (χ1n) is 11.7. The van der Waals surface area contributed by atoms with Crippen LogP contribution in [-0.2, 0) is 44.5 Å². The molecule has 0 aliphatic carbocycles. The fourth-order valence-corrected chi connectivity index (χ4v) is 2.58. The Morgan fingerprint density at radius 3 is 1.02 bits per heavy atom. The van der Waals surface area contributed by atoms with Crippen molar-refractivity contribution in [1.82, 2.24) is 0 Å². The molecule has 2 aromatic rings. The van der Waals surface area contributed by atoms with Crippen molar-refractivity contribution in [2.45, 2.75) is 63.4 Å². The molecule has 0 atom stereocenters. The summed E-state index contributed by atoms with van der Waals surface area (Å²) >= 11 is 0. The normalized spacial score (nSPS) is 13.1. The molecule has 0 bridgehead atoms. The van der Waals surface area contributed by atoms with Gasteiger partial charge in [0.1, 0.15) is 0 Å². The molecule has 3 rings (SSSR count). The van der Waals surface area contributed by atoms with E-state index in [0.29, 0.717) is 11.8 Å². The fraction of sp³-hybridized carbons (Fsp3) is 0.500. The van der Waals surface area contributed by atoms with Crippen LogP contribution in [0.2, 0.25) is 0 Å². The number of nitrogen functional groups attached to an aromatic ring is 2. The molecule has 1 fully saturated rings. The third-order valence-electron chi connectivity index (χ3n) is 4.63. The van der Waals surface area contributed by atoms with Crippen molar-refractivity contribution in [3.63, 3.8) is 0 Å². The third-order valence-corrected chi connectivity index (χ3v) is 5.76. The second-order valence-corrected chi connectivity index (χ2v) is 11.4. The first-order valence-corrected chi connectivity index (χ1v) is 14.6. The van der Waals surface area contributed by atoms with Crippen LogP contribution in [-0.4, -0.2) is 50.2 Å². The molecule has 0 spiro atoms. The van der Waals surface area contributed by atoms with Gasteiger partial charge in [-0.15, -0.1) is 0 Å². The summed E-state index contributed by atoms with van der Waals surface area (Å²) in [5, 5.41) is 0. The van der Waals surface area contributed by atoms with Gasteiger partial charge in [-0.3, -0.25) is 0 Å². The average Bonchev–Trinajstić information content (AvgIpc) is 3.38. The Bertz CT molecular complexity index is 1140. The molecule has 2 aromatic carbocycles. The Morgan fingerprint density at radius 1 is 0.667 bits per heavy atom. The quantitative estimate of drug-likeness (QED) is 0.131. The van der Waals surface area contributed by atoms with Gasteiger partial charge in [-0.05, 0) is 47.9 Å². The van der Waals surface area contributed by atoms with Crippen LogP contribution in [0.4, 0.5) is 37.7 Å². The van der Waals surface area contributed by atoms with Gasteiger partial charge in [0, 0.05) is 24.6 Å². The molecule has 42 heavy (non-hydrogen) atoms. The van der Waals surface area contributed by atoms with E-state index in [1.807, 2.05) is 36.4 Å². The van der Waals surface area contributed by atoms with Gasteiger partial charge in [-0.1, -0.05) is 64.1 Å². The van der Waals surface area contributed by atoms with Gasteiger partial charge in [0.2, 0.25) is 0 Å². The summed E-state index contributed by atoms with van der Waals surface area (Å²) in [4.78, 5) is 0. The Balaban J connectivity index is -0.000000457. The molecular formula is C24H34F6N2O7S2Zn. The molecule has 18 heteroatoms. The SMILES string of the molecule is C1CCOC1.CC(C)c1ccccc1N.CC(C)c1ccccc1N.O=S(=O)([O-])C(F)(F)F.O=S(=O)([O-])C(F)(F)F.[Zn+2]. The number of halogens is 6. The van der Waals surface area contributed by atoms with Crippen LogP contribution in [0.5, 0.6) is 0 Å². The Morgan fingerprint density at radius 2 is 0.905 bits per heavy atom. The van der Waals surface area contributed by atoms with E-state index in [1.165, 1.54) is 24.0 Å². The standard InChI is InChI=1S/2C9H13N.C4H8O.2CHF3O3S.Zn/c2*1-7(2)8-5-3-4-6-9(8)10;1-2-4-5-3-1;2*2-1(3,4)8(5,6)7;/h2*3-7H,10H2,1-2H3;1-4H2;2*(H,5,6,7);/q;;;;;+2/p-2. The number of nitrogens with two attached hydrogens (primary N) is 2. The van der Waals surface area contributed by atoms with Crippen LogP contribution in [0.25, 0.3) is 0 Å². The van der Waals surface area contributed by atoms with E-state index in [1.54, 1.807) is 0 Å². The molecule has 1 heterocycles. The summed E-state index contributed by atoms with van der Waals surface area (Å²) in [7, 11) is -12.2. The van der Waals surface area contributed by atoms with Crippen molar-refractivity contribution >= 4 is 31.6 Å². The predicted molar refractivity (Wildman–Crippen MR) is 141 cm³/mol. The Labute approximate surface area is 255 Å². The minimum atomic E-state index is -6.09. The van der Waals surface area contributed by atoms with Crippen molar-refractivity contribution in [3.05, 3.63) is 59.7 Å². The zero-order chi connectivity index (χ0) is 32.7. The van der Waals surface area contributed by atoms with Crippen molar-refractivity contribution in [3.8, 4) is 0 Å². The molecule has 9 nitrogen and oxygen atoms in total. The summed E-state index contributed by atoms with van der Waals surface area (Å²) in [5.74, 6) is 1.06. The van der Waals surface area contributed by atoms with E-state index in [0.717, 1.165) is 24.6 Å². The number of hydrogen-bond donors (Lipinski definition) is 2. The summed E-state index contributed by atoms with van der Waals surface area (Å²) < 4.78 is 123. The van der Waals surface area contributed by atoms with E-state index in [2.05, 4.69) is 39.8 Å². The number of anilines is 2. The van der Waals surface area contributed by atoms with Crippen LogP contribution in [0.1, 0.15) is 63.5 Å². The second kappa shape index (κ2) is 20.1. The predicted octanol–water partition coefficient (Wildman–Crippen LogP) is 5.68. The molecule has 1 aliphatic heterocycles. The summed E-state index contributed by atoms with van der Waals surface area (Å²) in [6.07, 6.45) is 2.56. The zero-order valence-electron chi connectivity index (χ0n) is 23.4. The van der Waals surface area contributed by atoms with Crippen molar-refractivity contribution in [1.29, 1.82) is 0 Å². The van der Waals surface area contributed by atoms with Gasteiger partial charge in [0.25, 0.3) is 0 Å². The van der Waals surface area contributed by atoms with Crippen LogP contribution in [0, 0.1) is 0 Å². The molecule has 1 saturated heterocycles. The van der Waals surface area contributed by atoms with Crippen LogP contribution in [0.15, 0.2) is 48.5 Å². The van der Waals surface area contributed by atoms with Crippen molar-refractivity contribution in [2.24, 2.45) is 0 Å². The zero-order valence-corrected chi connectivity index (χ0v) is 28.0. The maximum atomic E-state index is 10.7. The molecule has 0 amide bonds. The minimum absolute atomic E-state index is 0.